The number of aromatic hydroxyl groups is 1. The third kappa shape index (κ3) is 5.18. The SMILES string of the molecule is CCCCOc1ccc(-n2nc3ccccc3n2)c2ccccc12.Oc1ccc(-n2nc3ccccc3n2)c2ccccc12. The van der Waals surface area contributed by atoms with Gasteiger partial charge in [0.05, 0.1) is 18.0 Å². The van der Waals surface area contributed by atoms with Crippen LogP contribution in [0.1, 0.15) is 19.8 Å². The molecule has 8 nitrogen and oxygen atoms in total. The molecule has 0 amide bonds. The summed E-state index contributed by atoms with van der Waals surface area (Å²) < 4.78 is 5.96. The Kier molecular flexibility index (Phi) is 7.30. The van der Waals surface area contributed by atoms with E-state index >= 15 is 0 Å². The summed E-state index contributed by atoms with van der Waals surface area (Å²) in [6.45, 7) is 2.91. The van der Waals surface area contributed by atoms with Crippen molar-refractivity contribution in [3.05, 3.63) is 121 Å². The van der Waals surface area contributed by atoms with Crippen molar-refractivity contribution in [1.29, 1.82) is 0 Å². The van der Waals surface area contributed by atoms with Gasteiger partial charge in [0.2, 0.25) is 0 Å². The number of hydrogen-bond acceptors (Lipinski definition) is 6. The second-order valence-corrected chi connectivity index (χ2v) is 10.4. The topological polar surface area (TPSA) is 90.9 Å². The molecule has 6 aromatic carbocycles. The van der Waals surface area contributed by atoms with Gasteiger partial charge in [-0.25, -0.2) is 0 Å². The average Bonchev–Trinajstić information content (AvgIpc) is 3.70. The molecule has 8 aromatic rings. The fraction of sp³-hybridized carbons (Fsp3) is 0.111. The Morgan fingerprint density at radius 1 is 0.523 bits per heavy atom. The Morgan fingerprint density at radius 3 is 1.48 bits per heavy atom. The largest absolute Gasteiger partial charge is 0.507 e. The summed E-state index contributed by atoms with van der Waals surface area (Å²) >= 11 is 0. The van der Waals surface area contributed by atoms with Crippen LogP contribution < -0.4 is 4.74 Å². The molecule has 0 fully saturated rings. The van der Waals surface area contributed by atoms with Crippen LogP contribution in [0.2, 0.25) is 0 Å². The number of aromatic nitrogens is 6. The highest BCUT2D eigenvalue weighted by atomic mass is 16.5. The number of ether oxygens (including phenoxy) is 1. The van der Waals surface area contributed by atoms with Crippen LogP contribution in [0.3, 0.4) is 0 Å². The monoisotopic (exact) mass is 578 g/mol. The van der Waals surface area contributed by atoms with Crippen molar-refractivity contribution >= 4 is 43.6 Å². The van der Waals surface area contributed by atoms with Crippen LogP contribution in [0.5, 0.6) is 11.5 Å². The molecular formula is C36H30N6O2. The van der Waals surface area contributed by atoms with Crippen molar-refractivity contribution in [3.63, 3.8) is 0 Å². The van der Waals surface area contributed by atoms with Gasteiger partial charge in [-0.1, -0.05) is 86.1 Å². The molecule has 44 heavy (non-hydrogen) atoms. The van der Waals surface area contributed by atoms with Crippen molar-refractivity contribution in [1.82, 2.24) is 30.0 Å². The van der Waals surface area contributed by atoms with Gasteiger partial charge in [-0.15, -0.1) is 30.0 Å². The van der Waals surface area contributed by atoms with E-state index in [0.29, 0.717) is 0 Å². The Hall–Kier alpha value is -5.76. The van der Waals surface area contributed by atoms with E-state index in [4.69, 9.17) is 4.74 Å². The molecule has 1 N–H and O–H groups in total. The average molecular weight is 579 g/mol. The van der Waals surface area contributed by atoms with E-state index < -0.39 is 0 Å². The summed E-state index contributed by atoms with van der Waals surface area (Å²) in [6, 6.07) is 39.1. The highest BCUT2D eigenvalue weighted by Gasteiger charge is 2.12. The molecule has 0 aliphatic heterocycles. The predicted octanol–water partition coefficient (Wildman–Crippen LogP) is 8.03. The molecule has 0 atom stereocenters. The number of phenols is 1. The maximum absolute atomic E-state index is 9.93. The Morgan fingerprint density at radius 2 is 0.955 bits per heavy atom. The van der Waals surface area contributed by atoms with Gasteiger partial charge in [0.15, 0.2) is 0 Å². The van der Waals surface area contributed by atoms with Gasteiger partial charge in [-0.2, -0.15) is 0 Å². The predicted molar refractivity (Wildman–Crippen MR) is 175 cm³/mol. The highest BCUT2D eigenvalue weighted by Crippen LogP contribution is 2.31. The Bertz CT molecular complexity index is 2170. The summed E-state index contributed by atoms with van der Waals surface area (Å²) in [4.78, 5) is 3.33. The molecule has 0 spiro atoms. The molecule has 8 rings (SSSR count). The van der Waals surface area contributed by atoms with Gasteiger partial charge in [0.1, 0.15) is 33.6 Å². The van der Waals surface area contributed by atoms with Crippen molar-refractivity contribution in [2.24, 2.45) is 0 Å². The number of benzene rings is 6. The van der Waals surface area contributed by atoms with E-state index in [2.05, 4.69) is 39.5 Å². The highest BCUT2D eigenvalue weighted by molar-refractivity contribution is 5.95. The van der Waals surface area contributed by atoms with Crippen LogP contribution in [-0.2, 0) is 0 Å². The fourth-order valence-electron chi connectivity index (χ4n) is 5.26. The molecule has 0 saturated heterocycles. The second-order valence-electron chi connectivity index (χ2n) is 10.4. The van der Waals surface area contributed by atoms with Crippen LogP contribution in [-0.4, -0.2) is 41.7 Å². The standard InChI is InChI=1S/C20H19N3O.C16H11N3O/c1-2-3-14-24-20-13-12-19(15-8-4-5-9-16(15)20)23-21-17-10-6-7-11-18(17)22-23;20-16-10-9-15(11-5-1-2-6-12(11)16)19-17-13-7-3-4-8-14(13)18-19/h4-13H,2-3,14H2,1H3;1-10,20H. The molecule has 0 aliphatic carbocycles. The molecular weight excluding hydrogens is 548 g/mol. The van der Waals surface area contributed by atoms with Crippen molar-refractivity contribution in [2.75, 3.05) is 6.61 Å². The maximum atomic E-state index is 9.93. The van der Waals surface area contributed by atoms with Crippen LogP contribution in [0.25, 0.3) is 55.0 Å². The molecule has 0 aliphatic rings. The third-order valence-corrected chi connectivity index (χ3v) is 7.50. The minimum absolute atomic E-state index is 0.265. The summed E-state index contributed by atoms with van der Waals surface area (Å²) in [6.07, 6.45) is 2.18. The lowest BCUT2D eigenvalue weighted by Gasteiger charge is -2.11. The van der Waals surface area contributed by atoms with Gasteiger partial charge in [-0.3, -0.25) is 0 Å². The lowest BCUT2D eigenvalue weighted by Crippen LogP contribution is -2.02. The van der Waals surface area contributed by atoms with Gasteiger partial charge in [0.25, 0.3) is 0 Å². The molecule has 8 heteroatoms. The first-order valence-electron chi connectivity index (χ1n) is 14.7. The van der Waals surface area contributed by atoms with Gasteiger partial charge >= 0.3 is 0 Å². The summed E-state index contributed by atoms with van der Waals surface area (Å²) in [7, 11) is 0. The van der Waals surface area contributed by atoms with E-state index in [1.807, 2.05) is 103 Å². The first-order chi connectivity index (χ1) is 21.7. The van der Waals surface area contributed by atoms with Crippen LogP contribution >= 0.6 is 0 Å². The summed E-state index contributed by atoms with van der Waals surface area (Å²) in [5.41, 5.74) is 5.31. The first-order valence-corrected chi connectivity index (χ1v) is 14.7. The van der Waals surface area contributed by atoms with E-state index in [9.17, 15) is 5.11 Å². The lowest BCUT2D eigenvalue weighted by molar-refractivity contribution is 0.313. The van der Waals surface area contributed by atoms with E-state index in [1.54, 1.807) is 15.7 Å². The molecule has 0 radical (unpaired) electrons. The number of phenolic OH excluding ortho intramolecular Hbond substituents is 1. The van der Waals surface area contributed by atoms with Crippen molar-refractivity contribution in [3.8, 4) is 22.9 Å². The zero-order valence-electron chi connectivity index (χ0n) is 24.2. The normalized spacial score (nSPS) is 11.2. The number of nitrogens with zero attached hydrogens (tertiary/aromatic N) is 6. The van der Waals surface area contributed by atoms with E-state index in [1.165, 1.54) is 0 Å². The molecule has 216 valence electrons. The molecule has 2 heterocycles. The molecule has 2 aromatic heterocycles. The van der Waals surface area contributed by atoms with Gasteiger partial charge in [-0.05, 0) is 55.0 Å². The number of rotatable bonds is 6. The van der Waals surface area contributed by atoms with Crippen LogP contribution in [0.15, 0.2) is 121 Å². The van der Waals surface area contributed by atoms with E-state index in [-0.39, 0.29) is 5.75 Å². The second kappa shape index (κ2) is 11.9. The van der Waals surface area contributed by atoms with Gasteiger partial charge < -0.3 is 9.84 Å². The fourth-order valence-corrected chi connectivity index (χ4v) is 5.26. The Balaban J connectivity index is 0.000000144. The lowest BCUT2D eigenvalue weighted by atomic mass is 10.1. The molecule has 0 saturated carbocycles. The van der Waals surface area contributed by atoms with Crippen LogP contribution in [0.4, 0.5) is 0 Å². The maximum Gasteiger partial charge on any atom is 0.127 e. The van der Waals surface area contributed by atoms with Crippen molar-refractivity contribution in [2.45, 2.75) is 19.8 Å². The molecule has 0 unspecified atom stereocenters. The summed E-state index contributed by atoms with van der Waals surface area (Å²) in [5, 5.41) is 32.0. The van der Waals surface area contributed by atoms with Crippen LogP contribution in [0, 0.1) is 0 Å². The number of unbranched alkanes of at least 4 members (excludes halogenated alkanes) is 1. The first kappa shape index (κ1) is 27.1. The minimum Gasteiger partial charge on any atom is -0.507 e. The van der Waals surface area contributed by atoms with Crippen molar-refractivity contribution < 1.29 is 9.84 Å². The number of fused-ring (bicyclic) bond motifs is 4. The molecule has 0 bridgehead atoms. The van der Waals surface area contributed by atoms with Gasteiger partial charge in [0, 0.05) is 21.5 Å². The van der Waals surface area contributed by atoms with E-state index in [0.717, 1.165) is 80.2 Å². The smallest absolute Gasteiger partial charge is 0.127 e. The number of hydrogen-bond donors (Lipinski definition) is 1. The summed E-state index contributed by atoms with van der Waals surface area (Å²) in [5.74, 6) is 1.18. The third-order valence-electron chi connectivity index (χ3n) is 7.50. The zero-order chi connectivity index (χ0) is 29.9. The minimum atomic E-state index is 0.265. The quantitative estimate of drug-likeness (QED) is 0.201. The Labute approximate surface area is 253 Å². The zero-order valence-corrected chi connectivity index (χ0v) is 24.2.